The molecule has 2 rings (SSSR count). The normalized spacial score (nSPS) is 19.6. The van der Waals surface area contributed by atoms with Gasteiger partial charge in [0.05, 0.1) is 0 Å². The van der Waals surface area contributed by atoms with Crippen LogP contribution >= 0.6 is 0 Å². The molecular formula is C11H13NO2. The topological polar surface area (TPSA) is 52.3 Å². The fraction of sp³-hybridized carbons (Fsp3) is 0.364. The molecular weight excluding hydrogens is 178 g/mol. The van der Waals surface area contributed by atoms with Crippen molar-refractivity contribution in [1.82, 2.24) is 0 Å². The van der Waals surface area contributed by atoms with Gasteiger partial charge in [-0.2, -0.15) is 0 Å². The van der Waals surface area contributed by atoms with E-state index < -0.39 is 6.10 Å². The molecule has 0 fully saturated rings. The van der Waals surface area contributed by atoms with Gasteiger partial charge in [0.15, 0.2) is 6.10 Å². The Hall–Kier alpha value is -1.51. The van der Waals surface area contributed by atoms with Crippen LogP contribution < -0.4 is 10.5 Å². The first kappa shape index (κ1) is 9.06. The predicted octanol–water partition coefficient (Wildman–Crippen LogP) is 1.17. The van der Waals surface area contributed by atoms with Crippen molar-refractivity contribution < 1.29 is 9.53 Å². The highest BCUT2D eigenvalue weighted by atomic mass is 16.5. The summed E-state index contributed by atoms with van der Waals surface area (Å²) in [6.45, 7) is 2.04. The van der Waals surface area contributed by atoms with E-state index in [1.54, 1.807) is 0 Å². The van der Waals surface area contributed by atoms with Crippen LogP contribution in [0.3, 0.4) is 0 Å². The monoisotopic (exact) mass is 191 g/mol. The molecule has 14 heavy (non-hydrogen) atoms. The van der Waals surface area contributed by atoms with Crippen LogP contribution in [0.2, 0.25) is 0 Å². The Morgan fingerprint density at radius 3 is 3.07 bits per heavy atom. The lowest BCUT2D eigenvalue weighted by Crippen LogP contribution is -2.36. The molecule has 0 saturated heterocycles. The molecule has 1 amide bonds. The van der Waals surface area contributed by atoms with Crippen LogP contribution in [-0.4, -0.2) is 12.0 Å². The number of ether oxygens (including phenoxy) is 1. The summed E-state index contributed by atoms with van der Waals surface area (Å²) in [4.78, 5) is 10.9. The molecule has 1 aromatic carbocycles. The van der Waals surface area contributed by atoms with Crippen molar-refractivity contribution in [2.75, 3.05) is 0 Å². The Kier molecular flexibility index (Phi) is 2.15. The van der Waals surface area contributed by atoms with Crippen molar-refractivity contribution in [3.05, 3.63) is 29.3 Å². The maximum Gasteiger partial charge on any atom is 0.258 e. The van der Waals surface area contributed by atoms with E-state index in [-0.39, 0.29) is 5.91 Å². The van der Waals surface area contributed by atoms with Crippen LogP contribution in [0, 0.1) is 6.92 Å². The summed E-state index contributed by atoms with van der Waals surface area (Å²) >= 11 is 0. The van der Waals surface area contributed by atoms with Gasteiger partial charge in [-0.3, -0.25) is 4.79 Å². The molecule has 2 N–H and O–H groups in total. The third-order valence-corrected chi connectivity index (χ3v) is 2.48. The number of carbonyl (C=O) groups is 1. The number of carbonyl (C=O) groups excluding carboxylic acids is 1. The zero-order valence-corrected chi connectivity index (χ0v) is 8.12. The number of primary amides is 1. The van der Waals surface area contributed by atoms with Crippen LogP contribution in [-0.2, 0) is 11.2 Å². The number of hydrogen-bond acceptors (Lipinski definition) is 2. The van der Waals surface area contributed by atoms with Crippen LogP contribution in [0.1, 0.15) is 17.5 Å². The fourth-order valence-corrected chi connectivity index (χ4v) is 1.72. The molecule has 1 aromatic rings. The Labute approximate surface area is 82.9 Å². The SMILES string of the molecule is Cc1ccc2c(c1)CC[C@@H](C(N)=O)O2. The van der Waals surface area contributed by atoms with Crippen molar-refractivity contribution >= 4 is 5.91 Å². The highest BCUT2D eigenvalue weighted by Gasteiger charge is 2.23. The van der Waals surface area contributed by atoms with Gasteiger partial charge >= 0.3 is 0 Å². The summed E-state index contributed by atoms with van der Waals surface area (Å²) in [5.74, 6) is 0.418. The van der Waals surface area contributed by atoms with Gasteiger partial charge in [0, 0.05) is 0 Å². The summed E-state index contributed by atoms with van der Waals surface area (Å²) < 4.78 is 5.47. The Morgan fingerprint density at radius 2 is 2.36 bits per heavy atom. The summed E-state index contributed by atoms with van der Waals surface area (Å²) in [7, 11) is 0. The second-order valence-electron chi connectivity index (χ2n) is 3.66. The number of rotatable bonds is 1. The molecule has 0 bridgehead atoms. The van der Waals surface area contributed by atoms with Crippen molar-refractivity contribution in [3.8, 4) is 5.75 Å². The standard InChI is InChI=1S/C11H13NO2/c1-7-2-4-9-8(6-7)3-5-10(14-9)11(12)13/h2,4,6,10H,3,5H2,1H3,(H2,12,13)/t10-/m0/s1. The summed E-state index contributed by atoms with van der Waals surface area (Å²) in [5.41, 5.74) is 7.57. The fourth-order valence-electron chi connectivity index (χ4n) is 1.72. The molecule has 74 valence electrons. The molecule has 0 aliphatic carbocycles. The van der Waals surface area contributed by atoms with Gasteiger partial charge in [0.25, 0.3) is 5.91 Å². The van der Waals surface area contributed by atoms with Crippen LogP contribution in [0.4, 0.5) is 0 Å². The number of amides is 1. The highest BCUT2D eigenvalue weighted by molar-refractivity contribution is 5.79. The summed E-state index contributed by atoms with van der Waals surface area (Å²) in [6, 6.07) is 5.97. The smallest absolute Gasteiger partial charge is 0.258 e. The zero-order valence-electron chi connectivity index (χ0n) is 8.12. The lowest BCUT2D eigenvalue weighted by molar-refractivity contribution is -0.125. The van der Waals surface area contributed by atoms with E-state index >= 15 is 0 Å². The van der Waals surface area contributed by atoms with Crippen LogP contribution in [0.15, 0.2) is 18.2 Å². The van der Waals surface area contributed by atoms with E-state index in [4.69, 9.17) is 10.5 Å². The van der Waals surface area contributed by atoms with Crippen molar-refractivity contribution in [1.29, 1.82) is 0 Å². The number of nitrogens with two attached hydrogens (primary N) is 1. The average Bonchev–Trinajstić information content (AvgIpc) is 2.16. The number of benzene rings is 1. The van der Waals surface area contributed by atoms with Gasteiger partial charge in [-0.25, -0.2) is 0 Å². The van der Waals surface area contributed by atoms with Crippen molar-refractivity contribution in [2.24, 2.45) is 5.73 Å². The maximum absolute atomic E-state index is 10.9. The predicted molar refractivity (Wildman–Crippen MR) is 53.1 cm³/mol. The molecule has 0 spiro atoms. The van der Waals surface area contributed by atoms with Gasteiger partial charge in [0.2, 0.25) is 0 Å². The quantitative estimate of drug-likeness (QED) is 0.724. The highest BCUT2D eigenvalue weighted by Crippen LogP contribution is 2.28. The molecule has 1 aliphatic rings. The molecule has 0 aromatic heterocycles. The number of aryl methyl sites for hydroxylation is 2. The zero-order chi connectivity index (χ0) is 10.1. The van der Waals surface area contributed by atoms with Gasteiger partial charge in [0.1, 0.15) is 5.75 Å². The first-order valence-corrected chi connectivity index (χ1v) is 4.72. The van der Waals surface area contributed by atoms with Crippen LogP contribution in [0.25, 0.3) is 0 Å². The third-order valence-electron chi connectivity index (χ3n) is 2.48. The molecule has 0 saturated carbocycles. The Balaban J connectivity index is 2.27. The molecule has 3 nitrogen and oxygen atoms in total. The van der Waals surface area contributed by atoms with Crippen LogP contribution in [0.5, 0.6) is 5.75 Å². The van der Waals surface area contributed by atoms with E-state index in [0.717, 1.165) is 12.2 Å². The van der Waals surface area contributed by atoms with E-state index in [1.807, 2.05) is 19.1 Å². The Morgan fingerprint density at radius 1 is 1.57 bits per heavy atom. The van der Waals surface area contributed by atoms with E-state index in [0.29, 0.717) is 6.42 Å². The number of fused-ring (bicyclic) bond motifs is 1. The van der Waals surface area contributed by atoms with E-state index in [1.165, 1.54) is 11.1 Å². The first-order valence-electron chi connectivity index (χ1n) is 4.72. The van der Waals surface area contributed by atoms with Gasteiger partial charge in [-0.15, -0.1) is 0 Å². The minimum Gasteiger partial charge on any atom is -0.480 e. The average molecular weight is 191 g/mol. The van der Waals surface area contributed by atoms with E-state index in [2.05, 4.69) is 6.07 Å². The van der Waals surface area contributed by atoms with Gasteiger partial charge in [-0.05, 0) is 31.4 Å². The minimum atomic E-state index is -0.454. The molecule has 1 heterocycles. The van der Waals surface area contributed by atoms with Crippen molar-refractivity contribution in [3.63, 3.8) is 0 Å². The molecule has 1 atom stereocenters. The van der Waals surface area contributed by atoms with E-state index in [9.17, 15) is 4.79 Å². The lowest BCUT2D eigenvalue weighted by Gasteiger charge is -2.23. The largest absolute Gasteiger partial charge is 0.480 e. The summed E-state index contributed by atoms with van der Waals surface area (Å²) in [5, 5.41) is 0. The Bertz CT molecular complexity index is 374. The first-order chi connectivity index (χ1) is 6.66. The number of hydrogen-bond donors (Lipinski definition) is 1. The maximum atomic E-state index is 10.9. The second kappa shape index (κ2) is 3.33. The van der Waals surface area contributed by atoms with Crippen molar-refractivity contribution in [2.45, 2.75) is 25.9 Å². The molecule has 1 aliphatic heterocycles. The molecule has 3 heteroatoms. The van der Waals surface area contributed by atoms with Gasteiger partial charge < -0.3 is 10.5 Å². The summed E-state index contributed by atoms with van der Waals surface area (Å²) in [6.07, 6.45) is 1.10. The van der Waals surface area contributed by atoms with Gasteiger partial charge in [-0.1, -0.05) is 17.7 Å². The second-order valence-corrected chi connectivity index (χ2v) is 3.66. The lowest BCUT2D eigenvalue weighted by atomic mass is 10.0. The molecule has 0 unspecified atom stereocenters. The third kappa shape index (κ3) is 1.58. The molecule has 0 radical (unpaired) electrons. The minimum absolute atomic E-state index is 0.378.